The van der Waals surface area contributed by atoms with Crippen LogP contribution in [0, 0.1) is 11.6 Å². The maximum atomic E-state index is 16.6. The van der Waals surface area contributed by atoms with E-state index < -0.39 is 54.5 Å². The maximum Gasteiger partial charge on any atom is 0.495 e. The predicted molar refractivity (Wildman–Crippen MR) is 167 cm³/mol. The van der Waals surface area contributed by atoms with Crippen molar-refractivity contribution in [1.29, 1.82) is 0 Å². The summed E-state index contributed by atoms with van der Waals surface area (Å²) in [6.07, 6.45) is -0.789. The number of aromatic nitrogens is 1. The fourth-order valence-electron chi connectivity index (χ4n) is 5.75. The zero-order chi connectivity index (χ0) is 30.9. The van der Waals surface area contributed by atoms with Crippen LogP contribution in [0.25, 0.3) is 22.2 Å². The SMILES string of the molecule is CC1(C)OB(c2cc(F)c3c(c2)OC(c2ccc(Cl)s2)n2c-3c(F)c3cc(B4OC(C)(C)C(C)(C)O4)ccc32)OC1(C)C. The van der Waals surface area contributed by atoms with Gasteiger partial charge in [0.1, 0.15) is 11.6 Å². The molecule has 1 unspecified atom stereocenters. The highest BCUT2D eigenvalue weighted by atomic mass is 35.5. The van der Waals surface area contributed by atoms with Gasteiger partial charge in [-0.25, -0.2) is 8.78 Å². The molecule has 3 aliphatic heterocycles. The first-order valence-corrected chi connectivity index (χ1v) is 15.5. The molecule has 0 N–H and O–H groups in total. The third-order valence-electron chi connectivity index (χ3n) is 9.64. The van der Waals surface area contributed by atoms with Crippen molar-refractivity contribution < 1.29 is 32.1 Å². The lowest BCUT2D eigenvalue weighted by Crippen LogP contribution is -2.41. The number of fused-ring (bicyclic) bond motifs is 5. The molecule has 43 heavy (non-hydrogen) atoms. The lowest BCUT2D eigenvalue weighted by atomic mass is 9.78. The van der Waals surface area contributed by atoms with Crippen molar-refractivity contribution in [3.05, 3.63) is 63.3 Å². The van der Waals surface area contributed by atoms with Crippen molar-refractivity contribution in [2.75, 3.05) is 0 Å². The summed E-state index contributed by atoms with van der Waals surface area (Å²) in [7, 11) is -1.50. The topological polar surface area (TPSA) is 51.1 Å². The van der Waals surface area contributed by atoms with E-state index in [-0.39, 0.29) is 17.0 Å². The van der Waals surface area contributed by atoms with Crippen LogP contribution in [0.1, 0.15) is 66.5 Å². The molecule has 0 radical (unpaired) electrons. The summed E-state index contributed by atoms with van der Waals surface area (Å²) in [6, 6.07) is 12.0. The molecule has 0 bridgehead atoms. The minimum atomic E-state index is -0.817. The van der Waals surface area contributed by atoms with Crippen molar-refractivity contribution in [3.8, 4) is 17.0 Å². The summed E-state index contributed by atoms with van der Waals surface area (Å²) >= 11 is 7.64. The Bertz CT molecular complexity index is 1770. The molecule has 12 heteroatoms. The van der Waals surface area contributed by atoms with Gasteiger partial charge in [0, 0.05) is 5.39 Å². The van der Waals surface area contributed by atoms with Crippen LogP contribution < -0.4 is 15.7 Å². The van der Waals surface area contributed by atoms with Gasteiger partial charge in [-0.15, -0.1) is 11.3 Å². The summed E-state index contributed by atoms with van der Waals surface area (Å²) in [5.74, 6) is -1.01. The Balaban J connectivity index is 1.39. The third kappa shape index (κ3) is 4.34. The molecule has 6 nitrogen and oxygen atoms in total. The van der Waals surface area contributed by atoms with Gasteiger partial charge in [0.15, 0.2) is 5.82 Å². The standard InChI is InChI=1S/C31H32B2ClF2NO5S/c1-28(2)29(3,4)40-32(39-28)16-9-10-20-18(13-16)25(36)26-24-19(35)14-17(33-41-30(5,6)31(7,8)42-33)15-21(24)38-27(37(20)26)22-11-12-23(34)43-22/h9-15,27H,1-8H3. The quantitative estimate of drug-likeness (QED) is 0.234. The minimum Gasteiger partial charge on any atom is -0.464 e. The Hall–Kier alpha value is -2.40. The Kier molecular flexibility index (Phi) is 6.35. The van der Waals surface area contributed by atoms with Crippen molar-refractivity contribution in [2.24, 2.45) is 0 Å². The number of benzene rings is 2. The molecule has 0 spiro atoms. The predicted octanol–water partition coefficient (Wildman–Crippen LogP) is 6.84. The Morgan fingerprint density at radius 1 is 0.767 bits per heavy atom. The maximum absolute atomic E-state index is 16.6. The Labute approximate surface area is 259 Å². The molecule has 4 aromatic rings. The number of rotatable bonds is 3. The molecule has 2 saturated heterocycles. The molecule has 5 heterocycles. The van der Waals surface area contributed by atoms with Crippen molar-refractivity contribution >= 4 is 59.0 Å². The molecule has 1 atom stereocenters. The van der Waals surface area contributed by atoms with Gasteiger partial charge in [-0.1, -0.05) is 23.7 Å². The Morgan fingerprint density at radius 2 is 1.35 bits per heavy atom. The molecule has 0 amide bonds. The smallest absolute Gasteiger partial charge is 0.464 e. The molecule has 2 aromatic carbocycles. The molecule has 7 rings (SSSR count). The highest BCUT2D eigenvalue weighted by Gasteiger charge is 2.53. The zero-order valence-electron chi connectivity index (χ0n) is 25.3. The number of ether oxygens (including phenoxy) is 1. The van der Waals surface area contributed by atoms with Crippen LogP contribution in [-0.2, 0) is 18.6 Å². The second-order valence-electron chi connectivity index (χ2n) is 13.5. The van der Waals surface area contributed by atoms with E-state index in [4.69, 9.17) is 35.0 Å². The fraction of sp³-hybridized carbons (Fsp3) is 0.419. The van der Waals surface area contributed by atoms with Crippen molar-refractivity contribution in [2.45, 2.75) is 84.0 Å². The molecule has 2 aromatic heterocycles. The highest BCUT2D eigenvalue weighted by molar-refractivity contribution is 7.16. The monoisotopic (exact) mass is 625 g/mol. The number of thiophene rings is 1. The summed E-state index contributed by atoms with van der Waals surface area (Å²) in [5, 5.41) is 0.306. The van der Waals surface area contributed by atoms with Gasteiger partial charge in [-0.3, -0.25) is 4.57 Å². The van der Waals surface area contributed by atoms with E-state index in [0.29, 0.717) is 26.2 Å². The minimum absolute atomic E-state index is 0.0325. The van der Waals surface area contributed by atoms with Crippen LogP contribution in [0.5, 0.6) is 5.75 Å². The second kappa shape index (κ2) is 9.31. The van der Waals surface area contributed by atoms with E-state index in [2.05, 4.69) is 0 Å². The average Bonchev–Trinajstić information content (AvgIpc) is 3.59. The molecule has 3 aliphatic rings. The fourth-order valence-corrected chi connectivity index (χ4v) is 6.83. The number of hydrogen-bond acceptors (Lipinski definition) is 6. The van der Waals surface area contributed by atoms with E-state index in [1.807, 2.05) is 67.5 Å². The lowest BCUT2D eigenvalue weighted by Gasteiger charge is -2.32. The normalized spacial score (nSPS) is 23.0. The summed E-state index contributed by atoms with van der Waals surface area (Å²) in [4.78, 5) is 0.741. The number of halogens is 3. The molecule has 2 fully saturated rings. The zero-order valence-corrected chi connectivity index (χ0v) is 26.9. The van der Waals surface area contributed by atoms with Gasteiger partial charge in [0.25, 0.3) is 0 Å². The van der Waals surface area contributed by atoms with Gasteiger partial charge in [0.05, 0.1) is 48.4 Å². The van der Waals surface area contributed by atoms with Crippen LogP contribution >= 0.6 is 22.9 Å². The van der Waals surface area contributed by atoms with E-state index >= 15 is 8.78 Å². The first-order valence-electron chi connectivity index (χ1n) is 14.3. The summed E-state index contributed by atoms with van der Waals surface area (Å²) in [5.41, 5.74) is -0.558. The molecule has 0 saturated carbocycles. The van der Waals surface area contributed by atoms with Crippen LogP contribution in [0.2, 0.25) is 4.34 Å². The van der Waals surface area contributed by atoms with Crippen LogP contribution in [0.4, 0.5) is 8.78 Å². The second-order valence-corrected chi connectivity index (χ2v) is 15.2. The highest BCUT2D eigenvalue weighted by Crippen LogP contribution is 2.48. The lowest BCUT2D eigenvalue weighted by molar-refractivity contribution is 0.00578. The van der Waals surface area contributed by atoms with E-state index in [1.54, 1.807) is 28.8 Å². The molecule has 0 aliphatic carbocycles. The summed E-state index contributed by atoms with van der Waals surface area (Å²) < 4.78 is 66.4. The van der Waals surface area contributed by atoms with E-state index in [0.717, 1.165) is 4.88 Å². The average molecular weight is 626 g/mol. The van der Waals surface area contributed by atoms with Gasteiger partial charge >= 0.3 is 14.2 Å². The summed E-state index contributed by atoms with van der Waals surface area (Å²) in [6.45, 7) is 15.6. The van der Waals surface area contributed by atoms with Crippen LogP contribution in [-0.4, -0.2) is 41.2 Å². The number of nitrogens with zero attached hydrogens (tertiary/aromatic N) is 1. The van der Waals surface area contributed by atoms with E-state index in [9.17, 15) is 0 Å². The van der Waals surface area contributed by atoms with Gasteiger partial charge in [-0.2, -0.15) is 0 Å². The van der Waals surface area contributed by atoms with Gasteiger partial charge < -0.3 is 23.4 Å². The van der Waals surface area contributed by atoms with Gasteiger partial charge in [0.2, 0.25) is 6.23 Å². The van der Waals surface area contributed by atoms with E-state index in [1.165, 1.54) is 17.4 Å². The number of hydrogen-bond donors (Lipinski definition) is 0. The first-order chi connectivity index (χ1) is 20.0. The third-order valence-corrected chi connectivity index (χ3v) is 10.9. The van der Waals surface area contributed by atoms with Crippen LogP contribution in [0.15, 0.2) is 42.5 Å². The molecule has 224 valence electrons. The van der Waals surface area contributed by atoms with Crippen LogP contribution in [0.3, 0.4) is 0 Å². The largest absolute Gasteiger partial charge is 0.495 e. The molecular weight excluding hydrogens is 593 g/mol. The first kappa shape index (κ1) is 29.3. The van der Waals surface area contributed by atoms with Gasteiger partial charge in [-0.05, 0) is 96.6 Å². The van der Waals surface area contributed by atoms with Crippen molar-refractivity contribution in [1.82, 2.24) is 4.57 Å². The Morgan fingerprint density at radius 3 is 1.91 bits per heavy atom. The van der Waals surface area contributed by atoms with Crippen molar-refractivity contribution in [3.63, 3.8) is 0 Å². The molecular formula is C31H32B2ClF2NO5S.